The second-order valence-corrected chi connectivity index (χ2v) is 9.23. The Hall–Kier alpha value is -2.89. The highest BCUT2D eigenvalue weighted by atomic mass is 35.5. The first-order valence-electron chi connectivity index (χ1n) is 11.7. The van der Waals surface area contributed by atoms with Crippen LogP contribution in [0.5, 0.6) is 0 Å². The number of aromatic nitrogens is 3. The van der Waals surface area contributed by atoms with Gasteiger partial charge in [0, 0.05) is 74.2 Å². The zero-order valence-electron chi connectivity index (χ0n) is 19.5. The average molecular weight is 526 g/mol. The third-order valence-corrected chi connectivity index (χ3v) is 6.48. The zero-order valence-corrected chi connectivity index (χ0v) is 20.3. The highest BCUT2D eigenvalue weighted by molar-refractivity contribution is 6.30. The van der Waals surface area contributed by atoms with Gasteiger partial charge in [0.25, 0.3) is 5.56 Å². The molecule has 0 unspecified atom stereocenters. The number of aliphatic hydroxyl groups excluding tert-OH is 1. The Bertz CT molecular complexity index is 1260. The minimum Gasteiger partial charge on any atom is -0.395 e. The van der Waals surface area contributed by atoms with Crippen molar-refractivity contribution in [3.63, 3.8) is 0 Å². The molecule has 194 valence electrons. The first kappa shape index (κ1) is 26.2. The molecule has 12 heteroatoms. The second kappa shape index (κ2) is 11.0. The number of benzene rings is 1. The number of alkyl halides is 3. The van der Waals surface area contributed by atoms with Gasteiger partial charge < -0.3 is 14.6 Å². The molecule has 0 bridgehead atoms. The quantitative estimate of drug-likeness (QED) is 0.489. The van der Waals surface area contributed by atoms with Gasteiger partial charge in [0.15, 0.2) is 0 Å². The molecule has 0 radical (unpaired) electrons. The summed E-state index contributed by atoms with van der Waals surface area (Å²) in [7, 11) is 0. The van der Waals surface area contributed by atoms with E-state index in [1.54, 1.807) is 29.2 Å². The third kappa shape index (κ3) is 6.26. The van der Waals surface area contributed by atoms with Gasteiger partial charge in [-0.15, -0.1) is 0 Å². The number of nitrogens with zero attached hydrogens (tertiary/aromatic N) is 5. The van der Waals surface area contributed by atoms with Crippen molar-refractivity contribution in [2.24, 2.45) is 0 Å². The molecule has 3 heterocycles. The molecule has 0 atom stereocenters. The van der Waals surface area contributed by atoms with Crippen LogP contribution in [0.25, 0.3) is 17.0 Å². The predicted octanol–water partition coefficient (Wildman–Crippen LogP) is 2.84. The second-order valence-electron chi connectivity index (χ2n) is 8.80. The number of halogens is 4. The smallest absolute Gasteiger partial charge is 0.389 e. The Morgan fingerprint density at radius 1 is 1.06 bits per heavy atom. The lowest BCUT2D eigenvalue weighted by atomic mass is 10.2. The Labute approximate surface area is 210 Å². The number of aliphatic hydroxyl groups is 1. The van der Waals surface area contributed by atoms with Crippen molar-refractivity contribution in [2.75, 3.05) is 39.3 Å². The largest absolute Gasteiger partial charge is 0.395 e. The number of β-amino-alcohol motifs (C(OH)–C–C–N with tert-alkyl or cyclic N) is 1. The highest BCUT2D eigenvalue weighted by Crippen LogP contribution is 2.24. The summed E-state index contributed by atoms with van der Waals surface area (Å²) in [6, 6.07) is 6.84. The summed E-state index contributed by atoms with van der Waals surface area (Å²) in [6.45, 7) is 2.78. The van der Waals surface area contributed by atoms with Gasteiger partial charge in [-0.25, -0.2) is 4.98 Å². The van der Waals surface area contributed by atoms with Gasteiger partial charge in [-0.05, 0) is 18.6 Å². The maximum atomic E-state index is 13.3. The van der Waals surface area contributed by atoms with Crippen LogP contribution in [0, 0.1) is 0 Å². The van der Waals surface area contributed by atoms with E-state index in [2.05, 4.69) is 4.98 Å². The summed E-state index contributed by atoms with van der Waals surface area (Å²) in [5.74, 6) is -0.0177. The third-order valence-electron chi connectivity index (χ3n) is 6.23. The van der Waals surface area contributed by atoms with Crippen LogP contribution >= 0.6 is 11.6 Å². The molecule has 1 aliphatic rings. The summed E-state index contributed by atoms with van der Waals surface area (Å²) in [6.07, 6.45) is -2.64. The molecule has 2 aromatic heterocycles. The van der Waals surface area contributed by atoms with E-state index < -0.39 is 18.2 Å². The molecule has 36 heavy (non-hydrogen) atoms. The monoisotopic (exact) mass is 525 g/mol. The number of piperazine rings is 1. The van der Waals surface area contributed by atoms with E-state index in [0.29, 0.717) is 49.0 Å². The minimum absolute atomic E-state index is 0.0125. The lowest BCUT2D eigenvalue weighted by Crippen LogP contribution is -2.50. The molecule has 3 aromatic rings. The van der Waals surface area contributed by atoms with Crippen molar-refractivity contribution in [3.05, 3.63) is 57.6 Å². The first-order chi connectivity index (χ1) is 17.1. The number of carbonyl (C=O) groups excluding carboxylic acids is 1. The van der Waals surface area contributed by atoms with E-state index in [1.165, 1.54) is 21.4 Å². The Morgan fingerprint density at radius 2 is 1.75 bits per heavy atom. The van der Waals surface area contributed by atoms with Crippen LogP contribution in [0.3, 0.4) is 0 Å². The number of carbonyl (C=O) groups is 1. The molecule has 0 spiro atoms. The molecule has 8 nitrogen and oxygen atoms in total. The van der Waals surface area contributed by atoms with Crippen molar-refractivity contribution < 1.29 is 23.1 Å². The van der Waals surface area contributed by atoms with E-state index in [-0.39, 0.29) is 43.2 Å². The van der Waals surface area contributed by atoms with E-state index >= 15 is 0 Å². The lowest BCUT2D eigenvalue weighted by Gasteiger charge is -2.34. The topological polar surface area (TPSA) is 83.1 Å². The van der Waals surface area contributed by atoms with Crippen molar-refractivity contribution >= 4 is 23.3 Å². The van der Waals surface area contributed by atoms with E-state index in [1.807, 2.05) is 4.90 Å². The summed E-state index contributed by atoms with van der Waals surface area (Å²) in [5.41, 5.74) is 0.925. The molecule has 0 saturated carbocycles. The molecule has 4 rings (SSSR count). The van der Waals surface area contributed by atoms with Crippen molar-refractivity contribution in [2.45, 2.75) is 32.0 Å². The van der Waals surface area contributed by atoms with E-state index in [9.17, 15) is 22.8 Å². The fourth-order valence-corrected chi connectivity index (χ4v) is 4.44. The number of amides is 1. The fraction of sp³-hybridized carbons (Fsp3) is 0.458. The van der Waals surface area contributed by atoms with Crippen LogP contribution < -0.4 is 5.56 Å². The van der Waals surface area contributed by atoms with Gasteiger partial charge in [-0.3, -0.25) is 18.9 Å². The van der Waals surface area contributed by atoms with Crippen LogP contribution in [0.1, 0.15) is 18.4 Å². The predicted molar refractivity (Wildman–Crippen MR) is 129 cm³/mol. The van der Waals surface area contributed by atoms with Crippen LogP contribution in [-0.2, 0) is 17.8 Å². The maximum Gasteiger partial charge on any atom is 0.389 e. The molecule has 1 amide bonds. The number of aryl methyl sites for hydroxylation is 1. The lowest BCUT2D eigenvalue weighted by molar-refractivity contribution is -0.136. The zero-order chi connectivity index (χ0) is 25.9. The standard InChI is InChI=1S/C24H27ClF3N5O3/c25-19-4-2-17(3-5-19)20-16-33-22(36)18(14-21(35)31-10-8-30(9-11-31)12-13-34)15-32(23(33)29-20)7-1-6-24(26,27)28/h2-5,15-16,34H,1,6-14H2. The van der Waals surface area contributed by atoms with Crippen LogP contribution in [0.15, 0.2) is 41.5 Å². The van der Waals surface area contributed by atoms with Crippen LogP contribution in [0.4, 0.5) is 13.2 Å². The SMILES string of the molecule is O=C(Cc1cn(CCCC(F)(F)F)c2nc(-c3ccc(Cl)cc3)cn2c1=O)N1CCN(CCO)CC1. The number of hydrogen-bond acceptors (Lipinski definition) is 5. The van der Waals surface area contributed by atoms with Crippen molar-refractivity contribution in [1.29, 1.82) is 0 Å². The summed E-state index contributed by atoms with van der Waals surface area (Å²) < 4.78 is 41.1. The van der Waals surface area contributed by atoms with Gasteiger partial charge >= 0.3 is 6.18 Å². The highest BCUT2D eigenvalue weighted by Gasteiger charge is 2.27. The Morgan fingerprint density at radius 3 is 2.39 bits per heavy atom. The summed E-state index contributed by atoms with van der Waals surface area (Å²) in [4.78, 5) is 34.4. The molecule has 0 aliphatic carbocycles. The van der Waals surface area contributed by atoms with Gasteiger partial charge in [-0.1, -0.05) is 23.7 Å². The van der Waals surface area contributed by atoms with Gasteiger partial charge in [-0.2, -0.15) is 13.2 Å². The fourth-order valence-electron chi connectivity index (χ4n) is 4.31. The Balaban J connectivity index is 1.63. The summed E-state index contributed by atoms with van der Waals surface area (Å²) >= 11 is 5.96. The Kier molecular flexibility index (Phi) is 8.01. The van der Waals surface area contributed by atoms with Crippen LogP contribution in [0.2, 0.25) is 5.02 Å². The van der Waals surface area contributed by atoms with Gasteiger partial charge in [0.05, 0.1) is 18.7 Å². The van der Waals surface area contributed by atoms with Crippen molar-refractivity contribution in [3.8, 4) is 11.3 Å². The maximum absolute atomic E-state index is 13.3. The molecule has 1 saturated heterocycles. The molecular weight excluding hydrogens is 499 g/mol. The molecule has 1 N–H and O–H groups in total. The first-order valence-corrected chi connectivity index (χ1v) is 12.1. The van der Waals surface area contributed by atoms with E-state index in [0.717, 1.165) is 0 Å². The molecule has 1 aliphatic heterocycles. The molecule has 1 fully saturated rings. The van der Waals surface area contributed by atoms with Gasteiger partial charge in [0.1, 0.15) is 0 Å². The number of fused-ring (bicyclic) bond motifs is 1. The summed E-state index contributed by atoms with van der Waals surface area (Å²) in [5, 5.41) is 9.62. The van der Waals surface area contributed by atoms with E-state index in [4.69, 9.17) is 16.7 Å². The molecular formula is C24H27ClF3N5O3. The van der Waals surface area contributed by atoms with Crippen molar-refractivity contribution in [1.82, 2.24) is 23.8 Å². The average Bonchev–Trinajstić information content (AvgIpc) is 3.28. The minimum atomic E-state index is -4.30. The normalized spacial score (nSPS) is 15.1. The molecule has 1 aromatic carbocycles. The van der Waals surface area contributed by atoms with Gasteiger partial charge in [0.2, 0.25) is 11.7 Å². The number of rotatable bonds is 8. The van der Waals surface area contributed by atoms with Crippen LogP contribution in [-0.4, -0.2) is 80.3 Å². The number of hydrogen-bond donors (Lipinski definition) is 1. The number of imidazole rings is 1.